The Balaban J connectivity index is 4.28. The zero-order valence-corrected chi connectivity index (χ0v) is 36.7. The van der Waals surface area contributed by atoms with Gasteiger partial charge in [0, 0.05) is 6.54 Å². The van der Waals surface area contributed by atoms with Gasteiger partial charge in [0.25, 0.3) is 0 Å². The lowest BCUT2D eigenvalue weighted by Crippen LogP contribution is -2.46. The molecule has 4 atom stereocenters. The lowest BCUT2D eigenvalue weighted by atomic mass is 10.0. The van der Waals surface area contributed by atoms with Gasteiger partial charge < -0.3 is 26.2 Å². The molecule has 0 aromatic carbocycles. The minimum absolute atomic E-state index is 0.0461. The van der Waals surface area contributed by atoms with Gasteiger partial charge in [0.05, 0.1) is 37.9 Å². The van der Waals surface area contributed by atoms with Crippen molar-refractivity contribution in [2.75, 3.05) is 19.8 Å². The van der Waals surface area contributed by atoms with Crippen LogP contribution in [0.4, 0.5) is 0 Å². The highest BCUT2D eigenvalue weighted by Gasteiger charge is 2.27. The Hall–Kier alpha value is -1.06. The highest BCUT2D eigenvalue weighted by Crippen LogP contribution is 2.43. The molecule has 0 bridgehead atoms. The van der Waals surface area contributed by atoms with Gasteiger partial charge in [-0.05, 0) is 32.1 Å². The lowest BCUT2D eigenvalue weighted by Gasteiger charge is -2.24. The molecular weight excluding hydrogens is 711 g/mol. The van der Waals surface area contributed by atoms with Gasteiger partial charge in [-0.3, -0.25) is 13.8 Å². The summed E-state index contributed by atoms with van der Waals surface area (Å²) in [7, 11) is -4.40. The van der Waals surface area contributed by atoms with Crippen LogP contribution in [0, 0.1) is 0 Å². The molecule has 0 saturated heterocycles. The number of phosphoric acid groups is 1. The second-order valence-electron chi connectivity index (χ2n) is 15.8. The van der Waals surface area contributed by atoms with E-state index in [1.807, 2.05) is 6.08 Å². The van der Waals surface area contributed by atoms with Crippen LogP contribution in [-0.2, 0) is 18.4 Å². The van der Waals surface area contributed by atoms with Gasteiger partial charge in [0.1, 0.15) is 0 Å². The first-order chi connectivity index (χ1) is 26.8. The molecule has 0 aromatic rings. The molecule has 0 aliphatic carbocycles. The number of aliphatic hydroxyl groups is 2. The monoisotopic (exact) mass is 801 g/mol. The van der Waals surface area contributed by atoms with Crippen molar-refractivity contribution in [3.63, 3.8) is 0 Å². The molecule has 0 fully saturated rings. The van der Waals surface area contributed by atoms with E-state index < -0.39 is 38.6 Å². The number of phosphoric ester groups is 1. The normalized spacial score (nSPS) is 14.8. The first-order valence-electron chi connectivity index (χ1n) is 23.0. The molecule has 326 valence electrons. The number of carbonyl (C=O) groups excluding carboxylic acids is 1. The summed E-state index contributed by atoms with van der Waals surface area (Å²) in [6, 6.07) is -0.995. The van der Waals surface area contributed by atoms with Crippen molar-refractivity contribution in [1.82, 2.24) is 5.32 Å². The minimum Gasteiger partial charge on any atom is -0.393 e. The Morgan fingerprint density at radius 1 is 0.618 bits per heavy atom. The van der Waals surface area contributed by atoms with Gasteiger partial charge in [-0.25, -0.2) is 4.57 Å². The van der Waals surface area contributed by atoms with Gasteiger partial charge in [-0.15, -0.1) is 0 Å². The fourth-order valence-corrected chi connectivity index (χ4v) is 7.60. The maximum Gasteiger partial charge on any atom is 0.472 e. The quantitative estimate of drug-likeness (QED) is 0.0232. The molecule has 0 spiro atoms. The lowest BCUT2D eigenvalue weighted by molar-refractivity contribution is -0.124. The highest BCUT2D eigenvalue weighted by atomic mass is 31.2. The van der Waals surface area contributed by atoms with Gasteiger partial charge in [-0.1, -0.05) is 205 Å². The van der Waals surface area contributed by atoms with Crippen molar-refractivity contribution in [2.24, 2.45) is 5.73 Å². The summed E-state index contributed by atoms with van der Waals surface area (Å²) >= 11 is 0. The van der Waals surface area contributed by atoms with E-state index in [1.165, 1.54) is 154 Å². The van der Waals surface area contributed by atoms with Crippen LogP contribution in [-0.4, -0.2) is 59.0 Å². The van der Waals surface area contributed by atoms with Crippen molar-refractivity contribution in [1.29, 1.82) is 0 Å². The van der Waals surface area contributed by atoms with Crippen molar-refractivity contribution in [3.05, 3.63) is 24.3 Å². The van der Waals surface area contributed by atoms with Crippen LogP contribution in [0.15, 0.2) is 24.3 Å². The fraction of sp³-hybridized carbons (Fsp3) is 0.889. The molecule has 9 nitrogen and oxygen atoms in total. The SMILES string of the molecule is CCCCCCCCCCC/C=C/CC/C=C/C(O)C(COP(=O)(O)OCCN)NC(=O)CC(O)CCCCCCCCCCCCCCCCCCCC. The number of unbranched alkanes of at least 4 members (excludes halogenated alkanes) is 27. The zero-order valence-electron chi connectivity index (χ0n) is 35.8. The van der Waals surface area contributed by atoms with E-state index >= 15 is 0 Å². The van der Waals surface area contributed by atoms with Gasteiger partial charge >= 0.3 is 7.82 Å². The van der Waals surface area contributed by atoms with E-state index in [1.54, 1.807) is 6.08 Å². The van der Waals surface area contributed by atoms with Crippen LogP contribution in [0.25, 0.3) is 0 Å². The maximum atomic E-state index is 12.8. The van der Waals surface area contributed by atoms with Gasteiger partial charge in [-0.2, -0.15) is 0 Å². The first-order valence-corrected chi connectivity index (χ1v) is 24.5. The van der Waals surface area contributed by atoms with Crippen molar-refractivity contribution >= 4 is 13.7 Å². The molecular formula is C45H89N2O7P. The van der Waals surface area contributed by atoms with Crippen molar-refractivity contribution in [2.45, 2.75) is 238 Å². The third kappa shape index (κ3) is 39.5. The molecule has 0 rings (SSSR count). The number of aliphatic hydroxyl groups excluding tert-OH is 2. The summed E-state index contributed by atoms with van der Waals surface area (Å²) in [6.45, 7) is 3.97. The van der Waals surface area contributed by atoms with Crippen LogP contribution >= 0.6 is 7.82 Å². The molecule has 4 unspecified atom stereocenters. The Kier molecular flexibility index (Phi) is 40.3. The summed E-state index contributed by atoms with van der Waals surface area (Å²) in [5, 5.41) is 24.1. The Bertz CT molecular complexity index is 935. The Morgan fingerprint density at radius 3 is 1.51 bits per heavy atom. The molecule has 1 amide bonds. The average molecular weight is 801 g/mol. The van der Waals surface area contributed by atoms with Crippen molar-refractivity contribution < 1.29 is 33.5 Å². The topological polar surface area (TPSA) is 151 Å². The van der Waals surface area contributed by atoms with Crippen LogP contribution in [0.1, 0.15) is 219 Å². The van der Waals surface area contributed by atoms with Gasteiger partial charge in [0.2, 0.25) is 5.91 Å². The number of hydrogen-bond acceptors (Lipinski definition) is 7. The number of carbonyl (C=O) groups is 1. The predicted octanol–water partition coefficient (Wildman–Crippen LogP) is 11.9. The van der Waals surface area contributed by atoms with E-state index in [0.29, 0.717) is 12.8 Å². The minimum atomic E-state index is -4.40. The predicted molar refractivity (Wildman–Crippen MR) is 232 cm³/mol. The van der Waals surface area contributed by atoms with E-state index in [4.69, 9.17) is 14.8 Å². The average Bonchev–Trinajstić information content (AvgIpc) is 3.16. The first kappa shape index (κ1) is 53.9. The number of rotatable bonds is 43. The number of nitrogens with one attached hydrogen (secondary N) is 1. The third-order valence-electron chi connectivity index (χ3n) is 10.3. The molecule has 0 aliphatic heterocycles. The van der Waals surface area contributed by atoms with E-state index in [-0.39, 0.29) is 19.6 Å². The zero-order chi connectivity index (χ0) is 40.5. The van der Waals surface area contributed by atoms with Crippen LogP contribution in [0.2, 0.25) is 0 Å². The fourth-order valence-electron chi connectivity index (χ4n) is 6.84. The molecule has 0 aliphatic rings. The smallest absolute Gasteiger partial charge is 0.393 e. The molecule has 0 radical (unpaired) electrons. The molecule has 0 saturated carbocycles. The summed E-state index contributed by atoms with van der Waals surface area (Å²) in [6.07, 6.45) is 44.1. The van der Waals surface area contributed by atoms with E-state index in [0.717, 1.165) is 32.1 Å². The van der Waals surface area contributed by atoms with Crippen LogP contribution in [0.3, 0.4) is 0 Å². The Labute approximate surface area is 339 Å². The molecule has 10 heteroatoms. The summed E-state index contributed by atoms with van der Waals surface area (Å²) in [5.41, 5.74) is 5.36. The summed E-state index contributed by atoms with van der Waals surface area (Å²) in [5.74, 6) is -0.453. The summed E-state index contributed by atoms with van der Waals surface area (Å²) in [4.78, 5) is 22.8. The second-order valence-corrected chi connectivity index (χ2v) is 17.3. The number of allylic oxidation sites excluding steroid dienone is 3. The van der Waals surface area contributed by atoms with Crippen molar-refractivity contribution in [3.8, 4) is 0 Å². The number of amides is 1. The number of nitrogens with two attached hydrogens (primary N) is 1. The third-order valence-corrected chi connectivity index (χ3v) is 11.3. The largest absolute Gasteiger partial charge is 0.472 e. The maximum absolute atomic E-state index is 12.8. The molecule has 0 aromatic heterocycles. The molecule has 6 N–H and O–H groups in total. The standard InChI is InChI=1S/C45H89N2O7P/c1-3-5-7-9-11-13-15-17-19-20-21-23-24-26-28-30-32-34-36-42(48)40-45(50)47-43(41-54-55(51,52)53-39-38-46)44(49)37-35-33-31-29-27-25-22-18-16-14-12-10-8-6-4-2/h27,29,35,37,42-44,48-49H,3-26,28,30-34,36,38-41,46H2,1-2H3,(H,47,50)(H,51,52)/b29-27+,37-35+. The summed E-state index contributed by atoms with van der Waals surface area (Å²) < 4.78 is 22.1. The van der Waals surface area contributed by atoms with Crippen LogP contribution in [0.5, 0.6) is 0 Å². The van der Waals surface area contributed by atoms with Gasteiger partial charge in [0.15, 0.2) is 0 Å². The van der Waals surface area contributed by atoms with Crippen LogP contribution < -0.4 is 11.1 Å². The Morgan fingerprint density at radius 2 is 1.04 bits per heavy atom. The highest BCUT2D eigenvalue weighted by molar-refractivity contribution is 7.47. The molecule has 0 heterocycles. The van der Waals surface area contributed by atoms with E-state index in [2.05, 4.69) is 31.3 Å². The van der Waals surface area contributed by atoms with E-state index in [9.17, 15) is 24.5 Å². The molecule has 55 heavy (non-hydrogen) atoms. The second kappa shape index (κ2) is 41.1. The number of hydrogen-bond donors (Lipinski definition) is 5.